The highest BCUT2D eigenvalue weighted by molar-refractivity contribution is 5.96. The summed E-state index contributed by atoms with van der Waals surface area (Å²) in [6.07, 6.45) is -3.34. The third-order valence-electron chi connectivity index (χ3n) is 4.72. The number of piperazine rings is 1. The van der Waals surface area contributed by atoms with Crippen LogP contribution in [0.4, 0.5) is 19.0 Å². The first-order valence-electron chi connectivity index (χ1n) is 8.60. The van der Waals surface area contributed by atoms with Crippen molar-refractivity contribution in [2.75, 3.05) is 37.6 Å². The zero-order chi connectivity index (χ0) is 18.7. The topological polar surface area (TPSA) is 38.9 Å². The van der Waals surface area contributed by atoms with Crippen LogP contribution in [0, 0.1) is 6.92 Å². The Morgan fingerprint density at radius 1 is 1.12 bits per heavy atom. The minimum absolute atomic E-state index is 0.120. The summed E-state index contributed by atoms with van der Waals surface area (Å²) < 4.78 is 37.9. The van der Waals surface area contributed by atoms with E-state index in [1.807, 2.05) is 36.1 Å². The van der Waals surface area contributed by atoms with Gasteiger partial charge in [0.25, 0.3) is 5.82 Å². The minimum Gasteiger partial charge on any atom is -0.322 e. The number of carbonyl (C=O) groups is 1. The van der Waals surface area contributed by atoms with Gasteiger partial charge in [-0.05, 0) is 13.0 Å². The number of anilines is 1. The maximum atomic E-state index is 12.6. The van der Waals surface area contributed by atoms with Crippen molar-refractivity contribution in [2.24, 2.45) is 0 Å². The lowest BCUT2D eigenvalue weighted by atomic mass is 10.1. The van der Waals surface area contributed by atoms with Crippen LogP contribution in [0.5, 0.6) is 0 Å². The Morgan fingerprint density at radius 2 is 1.77 bits per heavy atom. The highest BCUT2D eigenvalue weighted by Crippen LogP contribution is 2.28. The van der Waals surface area contributed by atoms with Crippen LogP contribution in [0.25, 0.3) is 0 Å². The number of aromatic amines is 1. The number of alkyl halides is 3. The molecule has 0 saturated carbocycles. The van der Waals surface area contributed by atoms with Gasteiger partial charge in [0.15, 0.2) is 0 Å². The normalized spacial score (nSPS) is 15.9. The lowest BCUT2D eigenvalue weighted by Gasteiger charge is -2.28. The number of ketones is 1. The number of nitrogens with one attached hydrogen (secondary N) is 2. The van der Waals surface area contributed by atoms with E-state index >= 15 is 0 Å². The summed E-state index contributed by atoms with van der Waals surface area (Å²) in [5, 5.41) is 0. The average Bonchev–Trinajstić information content (AvgIpc) is 2.62. The van der Waals surface area contributed by atoms with Gasteiger partial charge in [0.05, 0.1) is 5.56 Å². The molecular weight excluding hydrogens is 343 g/mol. The molecule has 1 fully saturated rings. The number of carbonyl (C=O) groups excluding carboxylic acids is 1. The second kappa shape index (κ2) is 7.45. The number of H-pyrrole nitrogens is 1. The van der Waals surface area contributed by atoms with Crippen LogP contribution in [-0.4, -0.2) is 38.5 Å². The summed E-state index contributed by atoms with van der Waals surface area (Å²) in [7, 11) is 0. The van der Waals surface area contributed by atoms with Crippen molar-refractivity contribution in [3.63, 3.8) is 0 Å². The van der Waals surface area contributed by atoms with Crippen LogP contribution < -0.4 is 14.8 Å². The van der Waals surface area contributed by atoms with Gasteiger partial charge in [-0.3, -0.25) is 9.69 Å². The maximum Gasteiger partial charge on any atom is 0.419 e. The number of halogens is 3. The van der Waals surface area contributed by atoms with Crippen molar-refractivity contribution in [3.05, 3.63) is 59.3 Å². The molecule has 2 aromatic rings. The Hall–Kier alpha value is -2.41. The van der Waals surface area contributed by atoms with Crippen molar-refractivity contribution in [2.45, 2.75) is 13.1 Å². The molecule has 1 saturated heterocycles. The number of quaternary nitrogens is 1. The highest BCUT2D eigenvalue weighted by atomic mass is 19.4. The van der Waals surface area contributed by atoms with Gasteiger partial charge in [0.1, 0.15) is 38.9 Å². The summed E-state index contributed by atoms with van der Waals surface area (Å²) in [6, 6.07) is 10.1. The van der Waals surface area contributed by atoms with Crippen molar-refractivity contribution in [3.8, 4) is 0 Å². The SMILES string of the molecule is Cc1ccc(C(=O)C[NH+]2CCN(c3ccc(C(F)(F)F)c[nH+]3)CC2)cc1. The molecule has 0 unspecified atom stereocenters. The highest BCUT2D eigenvalue weighted by Gasteiger charge is 2.33. The van der Waals surface area contributed by atoms with E-state index in [4.69, 9.17) is 0 Å². The summed E-state index contributed by atoms with van der Waals surface area (Å²) in [4.78, 5) is 18.3. The van der Waals surface area contributed by atoms with E-state index in [2.05, 4.69) is 4.98 Å². The molecule has 0 radical (unpaired) electrons. The molecule has 1 aliphatic heterocycles. The Labute approximate surface area is 150 Å². The molecule has 1 aromatic carbocycles. The molecule has 0 bridgehead atoms. The summed E-state index contributed by atoms with van der Waals surface area (Å²) in [5.41, 5.74) is 1.16. The number of rotatable bonds is 4. The monoisotopic (exact) mass is 365 g/mol. The van der Waals surface area contributed by atoms with Gasteiger partial charge >= 0.3 is 6.18 Å². The zero-order valence-electron chi connectivity index (χ0n) is 14.6. The van der Waals surface area contributed by atoms with E-state index < -0.39 is 11.7 Å². The Bertz CT molecular complexity index is 749. The fraction of sp³-hybridized carbons (Fsp3) is 0.368. The second-order valence-corrected chi connectivity index (χ2v) is 6.66. The van der Waals surface area contributed by atoms with E-state index in [1.54, 1.807) is 0 Å². The standard InChI is InChI=1S/C19H20F3N3O/c1-14-2-4-15(5-3-14)17(26)13-24-8-10-25(11-9-24)18-7-6-16(12-23-18)19(20,21)22/h2-7,12H,8-11,13H2,1H3/p+2. The largest absolute Gasteiger partial charge is 0.419 e. The number of hydrogen-bond acceptors (Lipinski definition) is 2. The quantitative estimate of drug-likeness (QED) is 0.833. The zero-order valence-corrected chi connectivity index (χ0v) is 14.6. The summed E-state index contributed by atoms with van der Waals surface area (Å²) in [5.74, 6) is 0.788. The molecular formula is C19H22F3N3O+2. The molecule has 2 heterocycles. The third-order valence-corrected chi connectivity index (χ3v) is 4.72. The number of Topliss-reactive ketones (excluding diaryl/α,β-unsaturated/α-hetero) is 1. The van der Waals surface area contributed by atoms with E-state index in [-0.39, 0.29) is 5.78 Å². The first kappa shape index (κ1) is 18.4. The van der Waals surface area contributed by atoms with Gasteiger partial charge in [0, 0.05) is 11.6 Å². The number of benzene rings is 1. The van der Waals surface area contributed by atoms with E-state index in [0.29, 0.717) is 25.5 Å². The van der Waals surface area contributed by atoms with Gasteiger partial charge < -0.3 is 4.90 Å². The minimum atomic E-state index is -4.34. The van der Waals surface area contributed by atoms with Crippen LogP contribution in [0.2, 0.25) is 0 Å². The number of pyridine rings is 1. The summed E-state index contributed by atoms with van der Waals surface area (Å²) >= 11 is 0. The van der Waals surface area contributed by atoms with Crippen LogP contribution >= 0.6 is 0 Å². The van der Waals surface area contributed by atoms with Crippen molar-refractivity contribution in [1.29, 1.82) is 0 Å². The van der Waals surface area contributed by atoms with Gasteiger partial charge in [-0.25, -0.2) is 4.98 Å². The average molecular weight is 365 g/mol. The molecule has 0 spiro atoms. The lowest BCUT2D eigenvalue weighted by Crippen LogP contribution is -3.15. The Morgan fingerprint density at radius 3 is 2.31 bits per heavy atom. The Kier molecular flexibility index (Phi) is 5.27. The molecule has 138 valence electrons. The molecule has 3 rings (SSSR count). The fourth-order valence-corrected chi connectivity index (χ4v) is 3.10. The van der Waals surface area contributed by atoms with Crippen LogP contribution in [0.15, 0.2) is 42.6 Å². The lowest BCUT2D eigenvalue weighted by molar-refractivity contribution is -0.892. The first-order valence-corrected chi connectivity index (χ1v) is 8.60. The van der Waals surface area contributed by atoms with Gasteiger partial charge in [-0.15, -0.1) is 0 Å². The van der Waals surface area contributed by atoms with E-state index in [9.17, 15) is 18.0 Å². The van der Waals surface area contributed by atoms with Crippen molar-refractivity contribution >= 4 is 11.6 Å². The third kappa shape index (κ3) is 4.40. The fourth-order valence-electron chi connectivity index (χ4n) is 3.10. The molecule has 0 amide bonds. The van der Waals surface area contributed by atoms with E-state index in [1.165, 1.54) is 11.0 Å². The predicted octanol–water partition coefficient (Wildman–Crippen LogP) is 1.42. The van der Waals surface area contributed by atoms with Gasteiger partial charge in [0.2, 0.25) is 5.78 Å². The molecule has 1 aliphatic rings. The molecule has 0 aliphatic carbocycles. The number of aryl methyl sites for hydroxylation is 1. The number of hydrogen-bond donors (Lipinski definition) is 1. The molecule has 7 heteroatoms. The summed E-state index contributed by atoms with van der Waals surface area (Å²) in [6.45, 7) is 5.35. The van der Waals surface area contributed by atoms with Crippen LogP contribution in [0.3, 0.4) is 0 Å². The maximum absolute atomic E-state index is 12.6. The molecule has 0 atom stereocenters. The van der Waals surface area contributed by atoms with Crippen molar-refractivity contribution < 1.29 is 27.8 Å². The van der Waals surface area contributed by atoms with Crippen molar-refractivity contribution in [1.82, 2.24) is 0 Å². The van der Waals surface area contributed by atoms with Crippen LogP contribution in [-0.2, 0) is 6.18 Å². The van der Waals surface area contributed by atoms with Crippen LogP contribution in [0.1, 0.15) is 21.5 Å². The molecule has 4 nitrogen and oxygen atoms in total. The second-order valence-electron chi connectivity index (χ2n) is 6.66. The van der Waals surface area contributed by atoms with E-state index in [0.717, 1.165) is 36.5 Å². The predicted molar refractivity (Wildman–Crippen MR) is 91.3 cm³/mol. The number of nitrogens with zero attached hydrogens (tertiary/aromatic N) is 1. The Balaban J connectivity index is 1.54. The molecule has 2 N–H and O–H groups in total. The van der Waals surface area contributed by atoms with Gasteiger partial charge in [-0.2, -0.15) is 13.2 Å². The number of aromatic nitrogens is 1. The smallest absolute Gasteiger partial charge is 0.322 e. The van der Waals surface area contributed by atoms with Gasteiger partial charge in [-0.1, -0.05) is 29.8 Å². The molecule has 26 heavy (non-hydrogen) atoms. The molecule has 1 aromatic heterocycles. The first-order chi connectivity index (χ1) is 12.3.